The van der Waals surface area contributed by atoms with E-state index in [1.165, 1.54) is 0 Å². The first-order valence-electron chi connectivity index (χ1n) is 7.71. The average Bonchev–Trinajstić information content (AvgIpc) is 2.58. The Morgan fingerprint density at radius 2 is 1.60 bits per heavy atom. The van der Waals surface area contributed by atoms with Crippen molar-refractivity contribution in [3.63, 3.8) is 0 Å². The number of benzene rings is 2. The fourth-order valence-electron chi connectivity index (χ4n) is 2.24. The van der Waals surface area contributed by atoms with E-state index >= 15 is 0 Å². The lowest BCUT2D eigenvalue weighted by molar-refractivity contribution is -0.120. The molecule has 1 atom stereocenters. The summed E-state index contributed by atoms with van der Waals surface area (Å²) in [4.78, 5) is 34.8. The second kappa shape index (κ2) is 7.96. The molecule has 0 unspecified atom stereocenters. The molecule has 0 fully saturated rings. The first kappa shape index (κ1) is 18.0. The van der Waals surface area contributed by atoms with E-state index in [-0.39, 0.29) is 5.91 Å². The van der Waals surface area contributed by atoms with Crippen molar-refractivity contribution in [3.05, 3.63) is 59.7 Å². The molecule has 0 radical (unpaired) electrons. The molecule has 0 spiro atoms. The average molecular weight is 340 g/mol. The van der Waals surface area contributed by atoms with Crippen LogP contribution in [0.2, 0.25) is 0 Å². The number of amides is 4. The Kier molecular flexibility index (Phi) is 5.73. The van der Waals surface area contributed by atoms with Crippen LogP contribution in [0, 0.1) is 6.92 Å². The van der Waals surface area contributed by atoms with Crippen molar-refractivity contribution < 1.29 is 14.4 Å². The number of rotatable bonds is 5. The van der Waals surface area contributed by atoms with Crippen molar-refractivity contribution in [2.24, 2.45) is 5.73 Å². The molecule has 25 heavy (non-hydrogen) atoms. The van der Waals surface area contributed by atoms with Crippen molar-refractivity contribution in [3.8, 4) is 0 Å². The smallest absolute Gasteiger partial charge is 0.318 e. The van der Waals surface area contributed by atoms with E-state index in [1.807, 2.05) is 18.3 Å². The Balaban J connectivity index is 2.12. The summed E-state index contributed by atoms with van der Waals surface area (Å²) in [5, 5.41) is 7.86. The molecule has 0 bridgehead atoms. The maximum Gasteiger partial charge on any atom is 0.318 e. The van der Waals surface area contributed by atoms with Gasteiger partial charge in [-0.2, -0.15) is 0 Å². The Labute approximate surface area is 145 Å². The molecule has 5 N–H and O–H groups in total. The zero-order valence-corrected chi connectivity index (χ0v) is 14.0. The summed E-state index contributed by atoms with van der Waals surface area (Å²) >= 11 is 0. The highest BCUT2D eigenvalue weighted by Gasteiger charge is 2.16. The first-order chi connectivity index (χ1) is 11.9. The summed E-state index contributed by atoms with van der Waals surface area (Å²) in [6.07, 6.45) is 0. The Morgan fingerprint density at radius 3 is 2.24 bits per heavy atom. The minimum absolute atomic E-state index is 0.222. The van der Waals surface area contributed by atoms with Crippen LogP contribution in [0.5, 0.6) is 0 Å². The zero-order chi connectivity index (χ0) is 18.4. The van der Waals surface area contributed by atoms with Crippen LogP contribution in [0.15, 0.2) is 48.5 Å². The fourth-order valence-corrected chi connectivity index (χ4v) is 2.24. The molecule has 7 heteroatoms. The molecule has 0 aromatic heterocycles. The lowest BCUT2D eigenvalue weighted by Gasteiger charge is -2.18. The quantitative estimate of drug-likeness (QED) is 0.668. The molecule has 2 aromatic carbocycles. The van der Waals surface area contributed by atoms with Crippen molar-refractivity contribution in [2.75, 3.05) is 10.6 Å². The molecule has 7 nitrogen and oxygen atoms in total. The van der Waals surface area contributed by atoms with Gasteiger partial charge in [-0.25, -0.2) is 4.79 Å². The Hall–Kier alpha value is -3.35. The van der Waals surface area contributed by atoms with Crippen LogP contribution in [0.1, 0.15) is 22.8 Å². The van der Waals surface area contributed by atoms with Gasteiger partial charge in [-0.1, -0.05) is 24.3 Å². The maximum absolute atomic E-state index is 12.3. The minimum Gasteiger partial charge on any atom is -0.374 e. The van der Waals surface area contributed by atoms with Crippen LogP contribution in [0.4, 0.5) is 16.2 Å². The van der Waals surface area contributed by atoms with Gasteiger partial charge in [0.15, 0.2) is 0 Å². The van der Waals surface area contributed by atoms with Crippen molar-refractivity contribution in [2.45, 2.75) is 19.9 Å². The van der Waals surface area contributed by atoms with Crippen LogP contribution in [0.3, 0.4) is 0 Å². The summed E-state index contributed by atoms with van der Waals surface area (Å²) in [6, 6.07) is 12.6. The summed E-state index contributed by atoms with van der Waals surface area (Å²) in [7, 11) is 0. The van der Waals surface area contributed by atoms with Gasteiger partial charge in [-0.3, -0.25) is 14.9 Å². The number of nitrogens with two attached hydrogens (primary N) is 1. The zero-order valence-electron chi connectivity index (χ0n) is 14.0. The van der Waals surface area contributed by atoms with E-state index in [0.29, 0.717) is 16.9 Å². The Morgan fingerprint density at radius 1 is 0.960 bits per heavy atom. The number of carbonyl (C=O) groups excluding carboxylic acids is 3. The van der Waals surface area contributed by atoms with Gasteiger partial charge in [0, 0.05) is 16.9 Å². The number of nitrogens with one attached hydrogen (secondary N) is 3. The van der Waals surface area contributed by atoms with Crippen molar-refractivity contribution >= 4 is 29.2 Å². The summed E-state index contributed by atoms with van der Waals surface area (Å²) in [5.41, 5.74) is 7.55. The SMILES string of the molecule is Cc1c(NC(=O)c2ccccc2)cccc1N[C@@H](C)C(=O)NC(N)=O. The van der Waals surface area contributed by atoms with E-state index in [9.17, 15) is 14.4 Å². The van der Waals surface area contributed by atoms with Gasteiger partial charge in [-0.05, 0) is 43.7 Å². The predicted molar refractivity (Wildman–Crippen MR) is 96.4 cm³/mol. The molecular formula is C18H20N4O3. The van der Waals surface area contributed by atoms with Crippen LogP contribution < -0.4 is 21.7 Å². The summed E-state index contributed by atoms with van der Waals surface area (Å²) < 4.78 is 0. The van der Waals surface area contributed by atoms with Crippen molar-refractivity contribution in [1.29, 1.82) is 0 Å². The summed E-state index contributed by atoms with van der Waals surface area (Å²) in [5.74, 6) is -0.758. The van der Waals surface area contributed by atoms with E-state index in [1.54, 1.807) is 49.4 Å². The molecule has 0 aliphatic carbocycles. The lowest BCUT2D eigenvalue weighted by Crippen LogP contribution is -2.43. The van der Waals surface area contributed by atoms with Gasteiger partial charge in [0.2, 0.25) is 5.91 Å². The molecule has 0 saturated heterocycles. The highest BCUT2D eigenvalue weighted by molar-refractivity contribution is 6.05. The molecule has 0 aliphatic heterocycles. The number of anilines is 2. The minimum atomic E-state index is -0.903. The number of imide groups is 1. The maximum atomic E-state index is 12.3. The van der Waals surface area contributed by atoms with Crippen LogP contribution in [-0.2, 0) is 4.79 Å². The van der Waals surface area contributed by atoms with Gasteiger partial charge in [0.05, 0.1) is 0 Å². The van der Waals surface area contributed by atoms with E-state index in [4.69, 9.17) is 5.73 Å². The number of hydrogen-bond donors (Lipinski definition) is 4. The normalized spacial score (nSPS) is 11.3. The molecule has 2 rings (SSSR count). The second-order valence-electron chi connectivity index (χ2n) is 5.52. The fraction of sp³-hybridized carbons (Fsp3) is 0.167. The molecule has 0 aliphatic rings. The molecule has 4 amide bonds. The lowest BCUT2D eigenvalue weighted by atomic mass is 10.1. The van der Waals surface area contributed by atoms with Gasteiger partial charge >= 0.3 is 6.03 Å². The van der Waals surface area contributed by atoms with Gasteiger partial charge in [0.1, 0.15) is 6.04 Å². The molecule has 130 valence electrons. The van der Waals surface area contributed by atoms with E-state index in [0.717, 1.165) is 5.56 Å². The summed E-state index contributed by atoms with van der Waals surface area (Å²) in [6.45, 7) is 3.43. The number of hydrogen-bond acceptors (Lipinski definition) is 4. The topological polar surface area (TPSA) is 113 Å². The van der Waals surface area contributed by atoms with Crippen LogP contribution in [-0.4, -0.2) is 23.9 Å². The molecule has 0 saturated carbocycles. The third-order valence-corrected chi connectivity index (χ3v) is 3.63. The molecule has 2 aromatic rings. The number of carbonyl (C=O) groups is 3. The van der Waals surface area contributed by atoms with Gasteiger partial charge in [-0.15, -0.1) is 0 Å². The predicted octanol–water partition coefficient (Wildman–Crippen LogP) is 2.24. The molecular weight excluding hydrogens is 320 g/mol. The largest absolute Gasteiger partial charge is 0.374 e. The first-order valence-corrected chi connectivity index (χ1v) is 7.71. The highest BCUT2D eigenvalue weighted by Crippen LogP contribution is 2.24. The van der Waals surface area contributed by atoms with Gasteiger partial charge < -0.3 is 16.4 Å². The van der Waals surface area contributed by atoms with E-state index < -0.39 is 18.0 Å². The van der Waals surface area contributed by atoms with Gasteiger partial charge in [0.25, 0.3) is 5.91 Å². The monoisotopic (exact) mass is 340 g/mol. The van der Waals surface area contributed by atoms with Crippen molar-refractivity contribution in [1.82, 2.24) is 5.32 Å². The van der Waals surface area contributed by atoms with Crippen LogP contribution >= 0.6 is 0 Å². The molecule has 0 heterocycles. The Bertz CT molecular complexity index is 790. The third kappa shape index (κ3) is 4.81. The third-order valence-electron chi connectivity index (χ3n) is 3.63. The second-order valence-corrected chi connectivity index (χ2v) is 5.52. The number of urea groups is 1. The van der Waals surface area contributed by atoms with E-state index in [2.05, 4.69) is 10.6 Å². The highest BCUT2D eigenvalue weighted by atomic mass is 16.2. The number of primary amides is 1. The van der Waals surface area contributed by atoms with Crippen LogP contribution in [0.25, 0.3) is 0 Å². The standard InChI is InChI=1S/C18H20N4O3/c1-11-14(20-12(2)16(23)22-18(19)25)9-6-10-15(11)21-17(24)13-7-4-3-5-8-13/h3-10,12,20H,1-2H3,(H,21,24)(H3,19,22,23,25)/t12-/m0/s1.